The van der Waals surface area contributed by atoms with Gasteiger partial charge >= 0.3 is 0 Å². The zero-order valence-electron chi connectivity index (χ0n) is 20.3. The summed E-state index contributed by atoms with van der Waals surface area (Å²) in [4.78, 5) is 17.6. The van der Waals surface area contributed by atoms with Gasteiger partial charge in [0.25, 0.3) is 0 Å². The number of hydrogen-bond acceptors (Lipinski definition) is 5. The Bertz CT molecular complexity index is 1550. The van der Waals surface area contributed by atoms with E-state index in [0.717, 1.165) is 22.0 Å². The number of nitrogens with zero attached hydrogens (tertiary/aromatic N) is 4. The number of aromatic nitrogens is 4. The lowest BCUT2D eigenvalue weighted by Gasteiger charge is -2.17. The standard InChI is InChI=1S/C28H26FN5OS/c1-17-13-14-24-22(15-17)25-26(34(24)16-21-11-7-8-12-23(21)29)31-28(33-32-25)36-19(3)27(35)30-18(2)20-9-5-4-6-10-20/h4-15,18-19H,16H2,1-3H3,(H,30,35). The minimum Gasteiger partial charge on any atom is -0.349 e. The maximum absolute atomic E-state index is 14.5. The lowest BCUT2D eigenvalue weighted by Crippen LogP contribution is -2.33. The number of amides is 1. The molecule has 6 nitrogen and oxygen atoms in total. The molecule has 8 heteroatoms. The highest BCUT2D eigenvalue weighted by molar-refractivity contribution is 8.00. The third-order valence-corrected chi connectivity index (χ3v) is 7.15. The minimum atomic E-state index is -0.429. The van der Waals surface area contributed by atoms with Gasteiger partial charge in [0.2, 0.25) is 11.1 Å². The van der Waals surface area contributed by atoms with E-state index in [2.05, 4.69) is 15.5 Å². The number of thioether (sulfide) groups is 1. The number of rotatable bonds is 7. The summed E-state index contributed by atoms with van der Waals surface area (Å²) in [5.74, 6) is -0.378. The number of benzene rings is 3. The van der Waals surface area contributed by atoms with Gasteiger partial charge in [-0.2, -0.15) is 0 Å². The molecule has 182 valence electrons. The average Bonchev–Trinajstić information content (AvgIpc) is 3.17. The summed E-state index contributed by atoms with van der Waals surface area (Å²) in [7, 11) is 0. The Morgan fingerprint density at radius 3 is 2.56 bits per heavy atom. The van der Waals surface area contributed by atoms with Crippen LogP contribution in [-0.4, -0.2) is 30.9 Å². The normalized spacial score (nSPS) is 13.1. The summed E-state index contributed by atoms with van der Waals surface area (Å²) in [5, 5.41) is 12.7. The smallest absolute Gasteiger partial charge is 0.233 e. The molecule has 0 saturated carbocycles. The maximum atomic E-state index is 14.5. The average molecular weight is 500 g/mol. The molecule has 0 bridgehead atoms. The van der Waals surface area contributed by atoms with Crippen molar-refractivity contribution in [3.8, 4) is 0 Å². The van der Waals surface area contributed by atoms with Crippen molar-refractivity contribution in [3.63, 3.8) is 0 Å². The van der Waals surface area contributed by atoms with Gasteiger partial charge in [0.05, 0.1) is 23.4 Å². The predicted molar refractivity (Wildman–Crippen MR) is 141 cm³/mol. The summed E-state index contributed by atoms with van der Waals surface area (Å²) in [5.41, 5.74) is 4.87. The van der Waals surface area contributed by atoms with Crippen LogP contribution in [0, 0.1) is 12.7 Å². The van der Waals surface area contributed by atoms with E-state index in [1.54, 1.807) is 12.1 Å². The van der Waals surface area contributed by atoms with Crippen LogP contribution in [0.4, 0.5) is 4.39 Å². The number of fused-ring (bicyclic) bond motifs is 3. The van der Waals surface area contributed by atoms with Gasteiger partial charge < -0.3 is 9.88 Å². The van der Waals surface area contributed by atoms with Crippen LogP contribution < -0.4 is 5.32 Å². The number of aryl methyl sites for hydroxylation is 1. The highest BCUT2D eigenvalue weighted by Gasteiger charge is 2.21. The van der Waals surface area contributed by atoms with Crippen molar-refractivity contribution in [2.75, 3.05) is 0 Å². The number of carbonyl (C=O) groups is 1. The lowest BCUT2D eigenvalue weighted by atomic mass is 10.1. The topological polar surface area (TPSA) is 72.7 Å². The van der Waals surface area contributed by atoms with Gasteiger partial charge in [0.15, 0.2) is 5.65 Å². The second-order valence-electron chi connectivity index (χ2n) is 8.87. The molecule has 0 radical (unpaired) electrons. The largest absolute Gasteiger partial charge is 0.349 e. The van der Waals surface area contributed by atoms with Crippen molar-refractivity contribution in [2.45, 2.75) is 43.8 Å². The monoisotopic (exact) mass is 499 g/mol. The van der Waals surface area contributed by atoms with Gasteiger partial charge in [0, 0.05) is 10.9 Å². The highest BCUT2D eigenvalue weighted by atomic mass is 32.2. The Balaban J connectivity index is 1.45. The third-order valence-electron chi connectivity index (χ3n) is 6.20. The van der Waals surface area contributed by atoms with Gasteiger partial charge in [-0.25, -0.2) is 9.37 Å². The van der Waals surface area contributed by atoms with Gasteiger partial charge in [0.1, 0.15) is 11.3 Å². The molecule has 3 aromatic carbocycles. The van der Waals surface area contributed by atoms with Crippen molar-refractivity contribution in [1.29, 1.82) is 0 Å². The molecule has 0 spiro atoms. The van der Waals surface area contributed by atoms with Crippen molar-refractivity contribution in [1.82, 2.24) is 25.1 Å². The molecular weight excluding hydrogens is 473 g/mol. The zero-order chi connectivity index (χ0) is 25.2. The van der Waals surface area contributed by atoms with Crippen LogP contribution in [-0.2, 0) is 11.3 Å². The van der Waals surface area contributed by atoms with Crippen molar-refractivity contribution in [2.24, 2.45) is 0 Å². The minimum absolute atomic E-state index is 0.109. The summed E-state index contributed by atoms with van der Waals surface area (Å²) >= 11 is 1.25. The SMILES string of the molecule is Cc1ccc2c(c1)c1nnc(SC(C)C(=O)NC(C)c3ccccc3)nc1n2Cc1ccccc1F. The molecule has 0 fully saturated rings. The second kappa shape index (κ2) is 10.1. The van der Waals surface area contributed by atoms with Crippen LogP contribution in [0.25, 0.3) is 22.1 Å². The third kappa shape index (κ3) is 4.81. The van der Waals surface area contributed by atoms with Gasteiger partial charge in [-0.1, -0.05) is 71.9 Å². The van der Waals surface area contributed by atoms with E-state index in [-0.39, 0.29) is 17.8 Å². The van der Waals surface area contributed by atoms with E-state index in [4.69, 9.17) is 4.98 Å². The van der Waals surface area contributed by atoms with E-state index in [9.17, 15) is 9.18 Å². The second-order valence-corrected chi connectivity index (χ2v) is 10.2. The first-order valence-electron chi connectivity index (χ1n) is 11.8. The number of halogens is 1. The molecule has 2 unspecified atom stereocenters. The molecule has 2 heterocycles. The van der Waals surface area contributed by atoms with Crippen LogP contribution in [0.2, 0.25) is 0 Å². The molecule has 0 aliphatic heterocycles. The van der Waals surface area contributed by atoms with Crippen LogP contribution in [0.15, 0.2) is 78.0 Å². The molecule has 0 aliphatic rings. The fraction of sp³-hybridized carbons (Fsp3) is 0.214. The molecule has 2 atom stereocenters. The van der Waals surface area contributed by atoms with Gasteiger partial charge in [-0.15, -0.1) is 10.2 Å². The number of hydrogen-bond donors (Lipinski definition) is 1. The van der Waals surface area contributed by atoms with E-state index < -0.39 is 5.25 Å². The number of nitrogens with one attached hydrogen (secondary N) is 1. The van der Waals surface area contributed by atoms with Crippen LogP contribution >= 0.6 is 11.8 Å². The highest BCUT2D eigenvalue weighted by Crippen LogP contribution is 2.30. The molecule has 0 saturated heterocycles. The first-order valence-corrected chi connectivity index (χ1v) is 12.7. The molecule has 2 aromatic heterocycles. The molecule has 5 rings (SSSR count). The Morgan fingerprint density at radius 2 is 1.78 bits per heavy atom. The Morgan fingerprint density at radius 1 is 1.03 bits per heavy atom. The first kappa shape index (κ1) is 23.9. The van der Waals surface area contributed by atoms with Crippen molar-refractivity contribution < 1.29 is 9.18 Å². The van der Waals surface area contributed by atoms with E-state index >= 15 is 0 Å². The number of carbonyl (C=O) groups excluding carboxylic acids is 1. The molecular formula is C28H26FN5OS. The van der Waals surface area contributed by atoms with Crippen molar-refractivity contribution in [3.05, 3.63) is 95.3 Å². The fourth-order valence-electron chi connectivity index (χ4n) is 4.23. The molecule has 1 amide bonds. The lowest BCUT2D eigenvalue weighted by molar-refractivity contribution is -0.120. The summed E-state index contributed by atoms with van der Waals surface area (Å²) in [6.07, 6.45) is 0. The molecule has 0 aliphatic carbocycles. The van der Waals surface area contributed by atoms with E-state index in [1.807, 2.05) is 79.9 Å². The van der Waals surface area contributed by atoms with Crippen LogP contribution in [0.3, 0.4) is 0 Å². The van der Waals surface area contributed by atoms with Gasteiger partial charge in [-0.3, -0.25) is 4.79 Å². The van der Waals surface area contributed by atoms with E-state index in [0.29, 0.717) is 28.4 Å². The summed E-state index contributed by atoms with van der Waals surface area (Å²) < 4.78 is 16.5. The summed E-state index contributed by atoms with van der Waals surface area (Å²) in [6, 6.07) is 22.5. The Kier molecular flexibility index (Phi) is 6.69. The quantitative estimate of drug-likeness (QED) is 0.285. The zero-order valence-corrected chi connectivity index (χ0v) is 21.1. The Hall–Kier alpha value is -3.78. The summed E-state index contributed by atoms with van der Waals surface area (Å²) in [6.45, 7) is 6.10. The fourth-order valence-corrected chi connectivity index (χ4v) is 4.95. The molecule has 1 N–H and O–H groups in total. The van der Waals surface area contributed by atoms with Crippen molar-refractivity contribution >= 4 is 39.7 Å². The van der Waals surface area contributed by atoms with E-state index in [1.165, 1.54) is 17.8 Å². The van der Waals surface area contributed by atoms with Crippen LogP contribution in [0.5, 0.6) is 0 Å². The van der Waals surface area contributed by atoms with Gasteiger partial charge in [-0.05, 0) is 44.5 Å². The first-order chi connectivity index (χ1) is 17.4. The maximum Gasteiger partial charge on any atom is 0.233 e. The molecule has 36 heavy (non-hydrogen) atoms. The predicted octanol–water partition coefficient (Wildman–Crippen LogP) is 5.83. The molecule has 5 aromatic rings. The van der Waals surface area contributed by atoms with Crippen LogP contribution in [0.1, 0.15) is 36.6 Å². The Labute approximate surface area is 213 Å².